The molecule has 0 radical (unpaired) electrons. The van der Waals surface area contributed by atoms with Crippen LogP contribution in [0.4, 0.5) is 11.4 Å². The lowest BCUT2D eigenvalue weighted by Crippen LogP contribution is -2.25. The number of nitrogens with one attached hydrogen (secondary N) is 2. The monoisotopic (exact) mass is 255 g/mol. The van der Waals surface area contributed by atoms with Crippen LogP contribution in [0.2, 0.25) is 5.02 Å². The Balaban J connectivity index is 2.82. The molecule has 17 heavy (non-hydrogen) atoms. The summed E-state index contributed by atoms with van der Waals surface area (Å²) < 4.78 is 0. The number of anilines is 2. The maximum atomic E-state index is 11.3. The smallest absolute Gasteiger partial charge is 0.224 e. The quantitative estimate of drug-likeness (QED) is 0.757. The number of nitrogens with two attached hydrogens (primary N) is 1. The first kappa shape index (κ1) is 13.8. The fourth-order valence-electron chi connectivity index (χ4n) is 1.29. The highest BCUT2D eigenvalue weighted by Crippen LogP contribution is 2.26. The van der Waals surface area contributed by atoms with Crippen LogP contribution < -0.4 is 16.4 Å². The summed E-state index contributed by atoms with van der Waals surface area (Å²) in [4.78, 5) is 11.3. The summed E-state index contributed by atoms with van der Waals surface area (Å²) in [5.41, 5.74) is 7.04. The molecule has 4 N–H and O–H groups in total. The minimum Gasteiger partial charge on any atom is -0.380 e. The molecule has 1 aromatic rings. The van der Waals surface area contributed by atoms with Crippen LogP contribution in [0.5, 0.6) is 0 Å². The van der Waals surface area contributed by atoms with Crippen LogP contribution in [0.25, 0.3) is 0 Å². The molecular formula is C12H18ClN3O. The van der Waals surface area contributed by atoms with Crippen LogP contribution in [0.1, 0.15) is 20.3 Å². The van der Waals surface area contributed by atoms with E-state index in [0.29, 0.717) is 18.0 Å². The summed E-state index contributed by atoms with van der Waals surface area (Å²) in [5, 5.41) is 6.58. The molecule has 5 heteroatoms. The first-order valence-electron chi connectivity index (χ1n) is 5.62. The minimum atomic E-state index is -0.0230. The zero-order valence-electron chi connectivity index (χ0n) is 10.1. The summed E-state index contributed by atoms with van der Waals surface area (Å²) >= 11 is 6.05. The number of carbonyl (C=O) groups excluding carboxylic acids is 1. The largest absolute Gasteiger partial charge is 0.380 e. The van der Waals surface area contributed by atoms with Gasteiger partial charge in [0, 0.05) is 24.7 Å². The second-order valence-corrected chi connectivity index (χ2v) is 4.28. The van der Waals surface area contributed by atoms with E-state index >= 15 is 0 Å². The highest BCUT2D eigenvalue weighted by molar-refractivity contribution is 6.33. The van der Waals surface area contributed by atoms with Gasteiger partial charge in [0.05, 0.1) is 10.7 Å². The van der Waals surface area contributed by atoms with E-state index in [4.69, 9.17) is 17.3 Å². The van der Waals surface area contributed by atoms with E-state index in [1.54, 1.807) is 19.1 Å². The van der Waals surface area contributed by atoms with E-state index in [-0.39, 0.29) is 11.9 Å². The average molecular weight is 256 g/mol. The van der Waals surface area contributed by atoms with Gasteiger partial charge in [-0.05, 0) is 25.1 Å². The lowest BCUT2D eigenvalue weighted by atomic mass is 10.2. The number of amides is 1. The molecule has 1 amide bonds. The Morgan fingerprint density at radius 1 is 1.53 bits per heavy atom. The second kappa shape index (κ2) is 6.47. The maximum absolute atomic E-state index is 11.3. The van der Waals surface area contributed by atoms with Gasteiger partial charge in [0.2, 0.25) is 5.91 Å². The normalized spacial score (nSPS) is 12.0. The van der Waals surface area contributed by atoms with E-state index in [2.05, 4.69) is 10.6 Å². The van der Waals surface area contributed by atoms with Crippen LogP contribution in [-0.4, -0.2) is 18.5 Å². The average Bonchev–Trinajstić information content (AvgIpc) is 2.33. The van der Waals surface area contributed by atoms with Gasteiger partial charge in [-0.25, -0.2) is 0 Å². The number of rotatable bonds is 5. The molecule has 0 bridgehead atoms. The summed E-state index contributed by atoms with van der Waals surface area (Å²) in [7, 11) is 0. The van der Waals surface area contributed by atoms with Crippen molar-refractivity contribution < 1.29 is 4.79 Å². The summed E-state index contributed by atoms with van der Waals surface area (Å²) in [6.07, 6.45) is 0.449. The third kappa shape index (κ3) is 4.24. The van der Waals surface area contributed by atoms with Gasteiger partial charge in [0.15, 0.2) is 0 Å². The fraction of sp³-hybridized carbons (Fsp3) is 0.417. The zero-order valence-corrected chi connectivity index (χ0v) is 10.8. The standard InChI is InChI=1S/C12H18ClN3O/c1-3-12(17)16-9-4-5-10(13)11(6-9)15-8(2)7-14/h4-6,8,15H,3,7,14H2,1-2H3,(H,16,17). The van der Waals surface area contributed by atoms with Crippen LogP contribution in [0.15, 0.2) is 18.2 Å². The molecule has 0 aromatic heterocycles. The molecule has 1 rings (SSSR count). The van der Waals surface area contributed by atoms with E-state index in [0.717, 1.165) is 11.4 Å². The van der Waals surface area contributed by atoms with Crippen molar-refractivity contribution in [3.05, 3.63) is 23.2 Å². The number of carbonyl (C=O) groups is 1. The van der Waals surface area contributed by atoms with Gasteiger partial charge >= 0.3 is 0 Å². The van der Waals surface area contributed by atoms with Crippen LogP contribution in [0.3, 0.4) is 0 Å². The first-order valence-corrected chi connectivity index (χ1v) is 6.00. The van der Waals surface area contributed by atoms with E-state index in [1.165, 1.54) is 0 Å². The van der Waals surface area contributed by atoms with Gasteiger partial charge in [-0.1, -0.05) is 18.5 Å². The van der Waals surface area contributed by atoms with Crippen molar-refractivity contribution in [2.75, 3.05) is 17.2 Å². The van der Waals surface area contributed by atoms with E-state index in [1.807, 2.05) is 13.0 Å². The molecule has 0 fully saturated rings. The lowest BCUT2D eigenvalue weighted by molar-refractivity contribution is -0.115. The topological polar surface area (TPSA) is 67.2 Å². The Hall–Kier alpha value is -1.26. The third-order valence-electron chi connectivity index (χ3n) is 2.33. The highest BCUT2D eigenvalue weighted by Gasteiger charge is 2.06. The van der Waals surface area contributed by atoms with Crippen molar-refractivity contribution in [2.45, 2.75) is 26.3 Å². The molecule has 0 aliphatic rings. The third-order valence-corrected chi connectivity index (χ3v) is 2.66. The molecule has 0 spiro atoms. The number of hydrogen-bond acceptors (Lipinski definition) is 3. The Bertz CT molecular complexity index is 395. The van der Waals surface area contributed by atoms with Gasteiger partial charge in [-0.3, -0.25) is 4.79 Å². The lowest BCUT2D eigenvalue weighted by Gasteiger charge is -2.15. The zero-order chi connectivity index (χ0) is 12.8. The molecule has 1 aromatic carbocycles. The summed E-state index contributed by atoms with van der Waals surface area (Å²) in [6.45, 7) is 4.29. The Morgan fingerprint density at radius 3 is 2.82 bits per heavy atom. The van der Waals surface area contributed by atoms with Crippen LogP contribution in [0, 0.1) is 0 Å². The van der Waals surface area contributed by atoms with Gasteiger partial charge in [-0.15, -0.1) is 0 Å². The Morgan fingerprint density at radius 2 is 2.24 bits per heavy atom. The first-order chi connectivity index (χ1) is 8.06. The molecule has 0 aliphatic heterocycles. The molecule has 4 nitrogen and oxygen atoms in total. The Labute approximate surface area is 107 Å². The molecule has 0 saturated heterocycles. The van der Waals surface area contributed by atoms with E-state index < -0.39 is 0 Å². The number of hydrogen-bond donors (Lipinski definition) is 3. The molecule has 0 heterocycles. The molecule has 1 unspecified atom stereocenters. The summed E-state index contributed by atoms with van der Waals surface area (Å²) in [5.74, 6) is -0.0230. The maximum Gasteiger partial charge on any atom is 0.224 e. The predicted octanol–water partition coefficient (Wildman–Crippen LogP) is 2.45. The van der Waals surface area contributed by atoms with Crippen molar-refractivity contribution in [2.24, 2.45) is 5.73 Å². The Kier molecular flexibility index (Phi) is 5.25. The van der Waals surface area contributed by atoms with Gasteiger partial charge < -0.3 is 16.4 Å². The van der Waals surface area contributed by atoms with Crippen molar-refractivity contribution in [3.8, 4) is 0 Å². The molecule has 0 saturated carbocycles. The van der Waals surface area contributed by atoms with Crippen molar-refractivity contribution in [1.82, 2.24) is 0 Å². The number of benzene rings is 1. The molecule has 0 aliphatic carbocycles. The van der Waals surface area contributed by atoms with Crippen molar-refractivity contribution in [1.29, 1.82) is 0 Å². The fourth-order valence-corrected chi connectivity index (χ4v) is 1.46. The van der Waals surface area contributed by atoms with Gasteiger partial charge in [0.25, 0.3) is 0 Å². The van der Waals surface area contributed by atoms with E-state index in [9.17, 15) is 4.79 Å². The van der Waals surface area contributed by atoms with Gasteiger partial charge in [0.1, 0.15) is 0 Å². The molecule has 94 valence electrons. The highest BCUT2D eigenvalue weighted by atomic mass is 35.5. The minimum absolute atomic E-state index is 0.0230. The van der Waals surface area contributed by atoms with Crippen LogP contribution >= 0.6 is 11.6 Å². The SMILES string of the molecule is CCC(=O)Nc1ccc(Cl)c(NC(C)CN)c1. The summed E-state index contributed by atoms with van der Waals surface area (Å²) in [6, 6.07) is 5.46. The molecular weight excluding hydrogens is 238 g/mol. The van der Waals surface area contributed by atoms with Crippen molar-refractivity contribution in [3.63, 3.8) is 0 Å². The van der Waals surface area contributed by atoms with Gasteiger partial charge in [-0.2, -0.15) is 0 Å². The second-order valence-electron chi connectivity index (χ2n) is 3.88. The predicted molar refractivity (Wildman–Crippen MR) is 72.5 cm³/mol. The number of halogens is 1. The molecule has 1 atom stereocenters. The van der Waals surface area contributed by atoms with Crippen LogP contribution in [-0.2, 0) is 4.79 Å². The van der Waals surface area contributed by atoms with Crippen molar-refractivity contribution >= 4 is 28.9 Å².